The highest BCUT2D eigenvalue weighted by Crippen LogP contribution is 2.38. The number of hydrogen-bond acceptors (Lipinski definition) is 4. The van der Waals surface area contributed by atoms with Gasteiger partial charge in [0.2, 0.25) is 11.8 Å². The first-order valence-electron chi connectivity index (χ1n) is 8.29. The number of pyridine rings is 1. The maximum Gasteiger partial charge on any atom is 0.241 e. The molecule has 2 amide bonds. The van der Waals surface area contributed by atoms with Crippen molar-refractivity contribution in [2.45, 2.75) is 62.8 Å². The maximum absolute atomic E-state index is 12.8. The van der Waals surface area contributed by atoms with Crippen molar-refractivity contribution in [3.8, 4) is 0 Å². The first kappa shape index (κ1) is 17.8. The van der Waals surface area contributed by atoms with Gasteiger partial charge in [0.05, 0.1) is 10.9 Å². The van der Waals surface area contributed by atoms with Gasteiger partial charge in [-0.25, -0.2) is 4.98 Å². The molecule has 0 unspecified atom stereocenters. The summed E-state index contributed by atoms with van der Waals surface area (Å²) in [6.45, 7) is 6.78. The van der Waals surface area contributed by atoms with Gasteiger partial charge in [0.1, 0.15) is 5.03 Å². The van der Waals surface area contributed by atoms with Crippen molar-refractivity contribution < 1.29 is 9.59 Å². The zero-order valence-corrected chi connectivity index (χ0v) is 14.9. The average Bonchev–Trinajstić information content (AvgIpc) is 2.54. The molecule has 6 heteroatoms. The molecule has 0 bridgehead atoms. The van der Waals surface area contributed by atoms with Gasteiger partial charge in [-0.3, -0.25) is 9.59 Å². The predicted octanol–water partition coefficient (Wildman–Crippen LogP) is 2.99. The minimum Gasteiger partial charge on any atom is -0.354 e. The Balaban J connectivity index is 2.13. The summed E-state index contributed by atoms with van der Waals surface area (Å²) in [7, 11) is 0. The van der Waals surface area contributed by atoms with Gasteiger partial charge in [-0.15, -0.1) is 0 Å². The molecule has 2 heterocycles. The molecule has 0 fully saturated rings. The summed E-state index contributed by atoms with van der Waals surface area (Å²) in [5.74, 6) is -0.0525. The molecular formula is C17H25N3O2S. The largest absolute Gasteiger partial charge is 0.354 e. The highest BCUT2D eigenvalue weighted by Gasteiger charge is 2.35. The minimum absolute atomic E-state index is 0.0169. The molecule has 0 saturated carbocycles. The molecule has 1 aliphatic rings. The second-order valence-electron chi connectivity index (χ2n) is 5.86. The van der Waals surface area contributed by atoms with Crippen LogP contribution in [0.15, 0.2) is 23.4 Å². The summed E-state index contributed by atoms with van der Waals surface area (Å²) >= 11 is 1.40. The summed E-state index contributed by atoms with van der Waals surface area (Å²) in [4.78, 5) is 31.1. The van der Waals surface area contributed by atoms with E-state index in [4.69, 9.17) is 0 Å². The van der Waals surface area contributed by atoms with Gasteiger partial charge in [-0.05, 0) is 31.9 Å². The highest BCUT2D eigenvalue weighted by atomic mass is 32.2. The molecule has 2 rings (SSSR count). The van der Waals surface area contributed by atoms with Gasteiger partial charge >= 0.3 is 0 Å². The third-order valence-corrected chi connectivity index (χ3v) is 5.15. The van der Waals surface area contributed by atoms with Crippen LogP contribution < -0.4 is 10.2 Å². The first-order chi connectivity index (χ1) is 11.1. The highest BCUT2D eigenvalue weighted by molar-refractivity contribution is 8.00. The number of amides is 2. The molecule has 2 atom stereocenters. The second kappa shape index (κ2) is 8.34. The molecule has 0 aliphatic carbocycles. The Morgan fingerprint density at radius 1 is 1.48 bits per heavy atom. The molecule has 0 saturated heterocycles. The predicted molar refractivity (Wildman–Crippen MR) is 93.7 cm³/mol. The number of anilines is 1. The molecule has 1 aliphatic heterocycles. The summed E-state index contributed by atoms with van der Waals surface area (Å²) in [5, 5.41) is 3.38. The van der Waals surface area contributed by atoms with Crippen molar-refractivity contribution in [3.63, 3.8) is 0 Å². The fourth-order valence-corrected chi connectivity index (χ4v) is 3.59. The molecule has 126 valence electrons. The normalized spacial score (nSPS) is 18.5. The van der Waals surface area contributed by atoms with Crippen LogP contribution in [0.25, 0.3) is 0 Å². The Kier molecular flexibility index (Phi) is 6.45. The van der Waals surface area contributed by atoms with Crippen LogP contribution in [-0.2, 0) is 9.59 Å². The minimum atomic E-state index is -0.390. The van der Waals surface area contributed by atoms with Gasteiger partial charge in [0, 0.05) is 25.2 Å². The molecule has 0 spiro atoms. The van der Waals surface area contributed by atoms with Crippen LogP contribution in [0.2, 0.25) is 0 Å². The van der Waals surface area contributed by atoms with E-state index in [9.17, 15) is 9.59 Å². The lowest BCUT2D eigenvalue weighted by Crippen LogP contribution is -2.44. The Morgan fingerprint density at radius 2 is 2.26 bits per heavy atom. The molecule has 23 heavy (non-hydrogen) atoms. The monoisotopic (exact) mass is 335 g/mol. The van der Waals surface area contributed by atoms with E-state index in [1.807, 2.05) is 26.0 Å². The number of thioether (sulfide) groups is 1. The molecule has 0 aromatic carbocycles. The van der Waals surface area contributed by atoms with Crippen LogP contribution in [0.1, 0.15) is 46.5 Å². The molecule has 1 aromatic rings. The third kappa shape index (κ3) is 4.47. The van der Waals surface area contributed by atoms with E-state index in [0.717, 1.165) is 30.0 Å². The van der Waals surface area contributed by atoms with Crippen LogP contribution in [0.5, 0.6) is 0 Å². The van der Waals surface area contributed by atoms with Gasteiger partial charge in [0.25, 0.3) is 0 Å². The van der Waals surface area contributed by atoms with Crippen molar-refractivity contribution >= 4 is 29.3 Å². The number of carbonyl (C=O) groups is 2. The topological polar surface area (TPSA) is 62.3 Å². The van der Waals surface area contributed by atoms with Crippen molar-refractivity contribution in [2.75, 3.05) is 11.4 Å². The molecule has 1 N–H and O–H groups in total. The van der Waals surface area contributed by atoms with Crippen LogP contribution in [0, 0.1) is 0 Å². The van der Waals surface area contributed by atoms with Gasteiger partial charge in [-0.1, -0.05) is 32.0 Å². The van der Waals surface area contributed by atoms with Crippen molar-refractivity contribution in [3.05, 3.63) is 18.3 Å². The van der Waals surface area contributed by atoms with E-state index >= 15 is 0 Å². The van der Waals surface area contributed by atoms with Crippen molar-refractivity contribution in [1.29, 1.82) is 0 Å². The average molecular weight is 335 g/mol. The fraction of sp³-hybridized carbons (Fsp3) is 0.588. The molecule has 1 aromatic heterocycles. The Morgan fingerprint density at radius 3 is 2.96 bits per heavy atom. The Labute approximate surface area is 142 Å². The van der Waals surface area contributed by atoms with Crippen LogP contribution in [0.3, 0.4) is 0 Å². The van der Waals surface area contributed by atoms with Crippen molar-refractivity contribution in [2.24, 2.45) is 0 Å². The number of hydrogen-bond donors (Lipinski definition) is 1. The number of aromatic nitrogens is 1. The fourth-order valence-electron chi connectivity index (χ4n) is 2.44. The first-order valence-corrected chi connectivity index (χ1v) is 9.17. The number of rotatable bonds is 7. The Hall–Kier alpha value is -1.56. The zero-order valence-electron chi connectivity index (χ0n) is 14.0. The van der Waals surface area contributed by atoms with Crippen LogP contribution >= 0.6 is 11.8 Å². The van der Waals surface area contributed by atoms with Crippen molar-refractivity contribution in [1.82, 2.24) is 10.3 Å². The maximum atomic E-state index is 12.8. The summed E-state index contributed by atoms with van der Waals surface area (Å²) in [6, 6.07) is 3.91. The lowest BCUT2D eigenvalue weighted by Gasteiger charge is -2.32. The summed E-state index contributed by atoms with van der Waals surface area (Å²) < 4.78 is 0. The number of nitrogens with one attached hydrogen (secondary N) is 1. The molecule has 0 radical (unpaired) electrons. The number of unbranched alkanes of at least 4 members (excludes halogenated alkanes) is 1. The lowest BCUT2D eigenvalue weighted by atomic mass is 10.2. The van der Waals surface area contributed by atoms with E-state index < -0.39 is 5.25 Å². The van der Waals surface area contributed by atoms with Crippen LogP contribution in [-0.4, -0.2) is 34.6 Å². The van der Waals surface area contributed by atoms with E-state index in [-0.39, 0.29) is 24.3 Å². The zero-order chi connectivity index (χ0) is 16.8. The van der Waals surface area contributed by atoms with Gasteiger partial charge in [-0.2, -0.15) is 0 Å². The standard InChI is InChI=1S/C17H25N3O2S/c1-4-6-10-20-13-8-7-9-18-16(13)23-14(17(20)22)11-15(21)19-12(3)5-2/h7-9,12,14H,4-6,10-11H2,1-3H3,(H,19,21)/t12-,14+/m1/s1. The second-order valence-corrected chi connectivity index (χ2v) is 7.05. The lowest BCUT2D eigenvalue weighted by molar-refractivity contribution is -0.125. The summed E-state index contributed by atoms with van der Waals surface area (Å²) in [5.41, 5.74) is 0.870. The van der Waals surface area contributed by atoms with E-state index in [1.54, 1.807) is 11.1 Å². The Bertz CT molecular complexity index is 565. The smallest absolute Gasteiger partial charge is 0.241 e. The van der Waals surface area contributed by atoms with Gasteiger partial charge in [0.15, 0.2) is 0 Å². The number of fused-ring (bicyclic) bond motifs is 1. The van der Waals surface area contributed by atoms with E-state index in [2.05, 4.69) is 17.2 Å². The number of nitrogens with zero attached hydrogens (tertiary/aromatic N) is 2. The van der Waals surface area contributed by atoms with Crippen LogP contribution in [0.4, 0.5) is 5.69 Å². The van der Waals surface area contributed by atoms with Gasteiger partial charge < -0.3 is 10.2 Å². The van der Waals surface area contributed by atoms with E-state index in [0.29, 0.717) is 6.54 Å². The third-order valence-electron chi connectivity index (χ3n) is 3.96. The van der Waals surface area contributed by atoms with E-state index in [1.165, 1.54) is 11.8 Å². The molecular weight excluding hydrogens is 310 g/mol. The molecule has 5 nitrogen and oxygen atoms in total. The SMILES string of the molecule is CCCCN1C(=O)[C@H](CC(=O)N[C@H](C)CC)Sc2ncccc21. The number of carbonyl (C=O) groups excluding carboxylic acids is 2. The summed E-state index contributed by atoms with van der Waals surface area (Å²) in [6.07, 6.45) is 4.77. The quantitative estimate of drug-likeness (QED) is 0.832.